The van der Waals surface area contributed by atoms with Crippen LogP contribution in [0.5, 0.6) is 0 Å². The molecule has 9 heteroatoms. The van der Waals surface area contributed by atoms with Crippen molar-refractivity contribution < 1.29 is 24.2 Å². The summed E-state index contributed by atoms with van der Waals surface area (Å²) < 4.78 is 12.1. The molecule has 1 saturated heterocycles. The monoisotopic (exact) mass is 395 g/mol. The van der Waals surface area contributed by atoms with Gasteiger partial charge in [0.1, 0.15) is 31.0 Å². The number of aromatic nitrogens is 2. The summed E-state index contributed by atoms with van der Waals surface area (Å²) in [6.45, 7) is -0.0562. The fraction of sp³-hybridized carbons (Fsp3) is 0.684. The average molecular weight is 395 g/mol. The van der Waals surface area contributed by atoms with Crippen molar-refractivity contribution in [3.05, 3.63) is 22.7 Å². The summed E-state index contributed by atoms with van der Waals surface area (Å²) in [5.41, 5.74) is 4.91. The van der Waals surface area contributed by atoms with Gasteiger partial charge in [0, 0.05) is 25.5 Å². The maximum Gasteiger partial charge on any atom is 0.351 e. The number of hydrogen-bond acceptors (Lipinski definition) is 8. The minimum atomic E-state index is -0.839. The molecule has 1 aliphatic heterocycles. The maximum atomic E-state index is 11.9. The van der Waals surface area contributed by atoms with E-state index in [9.17, 15) is 19.5 Å². The quantitative estimate of drug-likeness (QED) is 0.308. The smallest absolute Gasteiger partial charge is 0.351 e. The van der Waals surface area contributed by atoms with Crippen molar-refractivity contribution >= 4 is 18.1 Å². The summed E-state index contributed by atoms with van der Waals surface area (Å²) in [4.78, 5) is 37.6. The number of esters is 1. The van der Waals surface area contributed by atoms with Gasteiger partial charge in [0.15, 0.2) is 0 Å². The number of nitrogen functional groups attached to an aromatic ring is 1. The summed E-state index contributed by atoms with van der Waals surface area (Å²) in [6.07, 6.45) is 7.10. The van der Waals surface area contributed by atoms with Gasteiger partial charge in [-0.15, -0.1) is 0 Å². The van der Waals surface area contributed by atoms with E-state index in [2.05, 4.69) is 4.98 Å². The average Bonchev–Trinajstić information content (AvgIpc) is 3.02. The van der Waals surface area contributed by atoms with E-state index < -0.39 is 24.1 Å². The Kier molecular flexibility index (Phi) is 9.09. The van der Waals surface area contributed by atoms with E-state index in [0.29, 0.717) is 12.8 Å². The second-order valence-corrected chi connectivity index (χ2v) is 6.98. The molecule has 2 rings (SSSR count). The first-order chi connectivity index (χ1) is 13.5. The third kappa shape index (κ3) is 7.05. The van der Waals surface area contributed by atoms with Crippen LogP contribution in [0.15, 0.2) is 17.1 Å². The number of nitrogens with zero attached hydrogens (tertiary/aromatic N) is 2. The van der Waals surface area contributed by atoms with Crippen molar-refractivity contribution in [1.29, 1.82) is 0 Å². The van der Waals surface area contributed by atoms with Gasteiger partial charge in [-0.05, 0) is 18.9 Å². The predicted molar refractivity (Wildman–Crippen MR) is 101 cm³/mol. The highest BCUT2D eigenvalue weighted by Gasteiger charge is 2.36. The van der Waals surface area contributed by atoms with Crippen LogP contribution in [-0.4, -0.2) is 45.7 Å². The van der Waals surface area contributed by atoms with Gasteiger partial charge in [-0.3, -0.25) is 9.36 Å². The Balaban J connectivity index is 1.63. The summed E-state index contributed by atoms with van der Waals surface area (Å²) >= 11 is 0. The molecule has 0 bridgehead atoms. The molecule has 0 aromatic carbocycles. The number of anilines is 1. The van der Waals surface area contributed by atoms with E-state index in [1.165, 1.54) is 16.8 Å². The van der Waals surface area contributed by atoms with Gasteiger partial charge in [-0.1, -0.05) is 25.7 Å². The number of ether oxygens (including phenoxy) is 2. The molecule has 0 spiro atoms. The van der Waals surface area contributed by atoms with Gasteiger partial charge < -0.3 is 25.1 Å². The van der Waals surface area contributed by atoms with Crippen LogP contribution >= 0.6 is 0 Å². The van der Waals surface area contributed by atoms with Crippen molar-refractivity contribution in [2.75, 3.05) is 12.3 Å². The number of hydrogen-bond donors (Lipinski definition) is 2. The number of unbranched alkanes of at least 4 members (excludes halogenated alkanes) is 6. The number of aldehydes is 1. The van der Waals surface area contributed by atoms with Gasteiger partial charge in [0.2, 0.25) is 0 Å². The number of nitrogens with two attached hydrogens (primary N) is 1. The number of carbonyl (C=O) groups excluding carboxylic acids is 2. The molecular weight excluding hydrogens is 366 g/mol. The minimum absolute atomic E-state index is 0.0562. The predicted octanol–water partition coefficient (Wildman–Crippen LogP) is 1.34. The van der Waals surface area contributed by atoms with Gasteiger partial charge in [0.25, 0.3) is 0 Å². The topological polar surface area (TPSA) is 134 Å². The lowest BCUT2D eigenvalue weighted by atomic mass is 10.1. The Morgan fingerprint density at radius 1 is 1.32 bits per heavy atom. The molecule has 0 aliphatic carbocycles. The maximum absolute atomic E-state index is 11.9. The highest BCUT2D eigenvalue weighted by molar-refractivity contribution is 5.69. The molecule has 3 atom stereocenters. The van der Waals surface area contributed by atoms with Crippen LogP contribution in [0.3, 0.4) is 0 Å². The van der Waals surface area contributed by atoms with E-state index in [1.54, 1.807) is 0 Å². The Hall–Kier alpha value is -2.26. The molecule has 2 heterocycles. The lowest BCUT2D eigenvalue weighted by Gasteiger charge is -2.16. The normalized spacial score (nSPS) is 21.5. The Bertz CT molecular complexity index is 692. The fourth-order valence-corrected chi connectivity index (χ4v) is 3.13. The zero-order chi connectivity index (χ0) is 20.4. The molecule has 9 nitrogen and oxygen atoms in total. The van der Waals surface area contributed by atoms with Crippen LogP contribution in [-0.2, 0) is 19.1 Å². The molecule has 1 aliphatic rings. The van der Waals surface area contributed by atoms with Crippen molar-refractivity contribution in [2.24, 2.45) is 0 Å². The number of aliphatic hydroxyl groups is 1. The molecule has 1 aromatic heterocycles. The summed E-state index contributed by atoms with van der Waals surface area (Å²) in [5.74, 6) is -0.210. The second kappa shape index (κ2) is 11.6. The molecular formula is C19H29N3O6. The van der Waals surface area contributed by atoms with E-state index in [-0.39, 0.29) is 24.8 Å². The molecule has 28 heavy (non-hydrogen) atoms. The Morgan fingerprint density at radius 2 is 2.04 bits per heavy atom. The third-order valence-corrected chi connectivity index (χ3v) is 4.73. The summed E-state index contributed by atoms with van der Waals surface area (Å²) in [5, 5.41) is 10.1. The first-order valence-electron chi connectivity index (χ1n) is 9.78. The highest BCUT2D eigenvalue weighted by Crippen LogP contribution is 2.28. The fourth-order valence-electron chi connectivity index (χ4n) is 3.13. The van der Waals surface area contributed by atoms with Crippen LogP contribution in [0.4, 0.5) is 5.82 Å². The standard InChI is InChI=1S/C19H29N3O6/c20-16-9-10-22(19(26)21-16)17-12-14(24)15(28-17)13-27-18(25)8-6-4-2-1-3-5-7-11-23/h9-11,14-15,17,24H,1-8,12-13H2,(H2,20,21,26)/t14-,15+,17+/m0/s1. The zero-order valence-corrected chi connectivity index (χ0v) is 16.0. The molecule has 0 saturated carbocycles. The van der Waals surface area contributed by atoms with Gasteiger partial charge in [-0.25, -0.2) is 4.79 Å². The van der Waals surface area contributed by atoms with Crippen molar-refractivity contribution in [2.45, 2.75) is 76.2 Å². The van der Waals surface area contributed by atoms with Gasteiger partial charge in [-0.2, -0.15) is 4.98 Å². The molecule has 1 fully saturated rings. The number of aliphatic hydroxyl groups excluding tert-OH is 1. The minimum Gasteiger partial charge on any atom is -0.463 e. The molecule has 0 amide bonds. The van der Waals surface area contributed by atoms with Crippen LogP contribution in [0, 0.1) is 0 Å². The van der Waals surface area contributed by atoms with Crippen molar-refractivity contribution in [1.82, 2.24) is 9.55 Å². The van der Waals surface area contributed by atoms with Gasteiger partial charge in [0.05, 0.1) is 6.10 Å². The van der Waals surface area contributed by atoms with E-state index >= 15 is 0 Å². The van der Waals surface area contributed by atoms with E-state index in [4.69, 9.17) is 15.2 Å². The molecule has 0 unspecified atom stereocenters. The summed E-state index contributed by atoms with van der Waals surface area (Å²) in [6, 6.07) is 1.48. The highest BCUT2D eigenvalue weighted by atomic mass is 16.6. The van der Waals surface area contributed by atoms with Crippen molar-refractivity contribution in [3.63, 3.8) is 0 Å². The lowest BCUT2D eigenvalue weighted by Crippen LogP contribution is -2.29. The molecule has 3 N–H and O–H groups in total. The van der Waals surface area contributed by atoms with Crippen LogP contribution in [0.1, 0.15) is 64.0 Å². The number of carbonyl (C=O) groups is 2. The first kappa shape index (κ1) is 22.0. The van der Waals surface area contributed by atoms with Crippen molar-refractivity contribution in [3.8, 4) is 0 Å². The molecule has 1 aromatic rings. The Morgan fingerprint density at radius 3 is 2.75 bits per heavy atom. The second-order valence-electron chi connectivity index (χ2n) is 6.98. The summed E-state index contributed by atoms with van der Waals surface area (Å²) in [7, 11) is 0. The van der Waals surface area contributed by atoms with Crippen LogP contribution in [0.2, 0.25) is 0 Å². The Labute approximate surface area is 163 Å². The van der Waals surface area contributed by atoms with E-state index in [1.807, 2.05) is 0 Å². The molecule has 0 radical (unpaired) electrons. The SMILES string of the molecule is Nc1ccn([C@H]2C[C@H](O)[C@@H](COC(=O)CCCCCCCCC=O)O2)c(=O)n1. The van der Waals surface area contributed by atoms with Gasteiger partial charge >= 0.3 is 11.7 Å². The van der Waals surface area contributed by atoms with E-state index in [0.717, 1.165) is 44.8 Å². The number of rotatable bonds is 12. The first-order valence-corrected chi connectivity index (χ1v) is 9.78. The lowest BCUT2D eigenvalue weighted by molar-refractivity contribution is -0.150. The van der Waals surface area contributed by atoms with Crippen LogP contribution in [0.25, 0.3) is 0 Å². The molecule has 156 valence electrons. The van der Waals surface area contributed by atoms with Crippen LogP contribution < -0.4 is 11.4 Å². The zero-order valence-electron chi connectivity index (χ0n) is 16.0. The largest absolute Gasteiger partial charge is 0.463 e. The third-order valence-electron chi connectivity index (χ3n) is 4.73.